The maximum atomic E-state index is 13.2. The minimum Gasteiger partial charge on any atom is -0.326 e. The Kier molecular flexibility index (Phi) is 5.77. The molecule has 0 aliphatic rings. The van der Waals surface area contributed by atoms with Crippen molar-refractivity contribution in [1.29, 1.82) is 0 Å². The van der Waals surface area contributed by atoms with Gasteiger partial charge >= 0.3 is 0 Å². The maximum absolute atomic E-state index is 13.2. The number of thiazole rings is 1. The number of benzene rings is 2. The number of nitrogens with one attached hydrogen (secondary N) is 2. The van der Waals surface area contributed by atoms with Gasteiger partial charge in [0.15, 0.2) is 5.16 Å². The van der Waals surface area contributed by atoms with Crippen LogP contribution in [0.2, 0.25) is 0 Å². The highest BCUT2D eigenvalue weighted by Crippen LogP contribution is 2.30. The zero-order valence-electron chi connectivity index (χ0n) is 15.8. The number of anilines is 2. The molecule has 0 atom stereocenters. The Morgan fingerprint density at radius 2 is 1.70 bits per heavy atom. The smallest absolute Gasteiger partial charge is 0.234 e. The number of carbonyl (C=O) groups excluding carboxylic acids is 2. The Labute approximate surface area is 179 Å². The molecule has 2 aromatic carbocycles. The van der Waals surface area contributed by atoms with Crippen molar-refractivity contribution >= 4 is 51.2 Å². The average molecular weight is 442 g/mol. The van der Waals surface area contributed by atoms with E-state index in [2.05, 4.69) is 20.8 Å². The molecule has 0 fully saturated rings. The van der Waals surface area contributed by atoms with Gasteiger partial charge in [-0.15, -0.1) is 21.5 Å². The first kappa shape index (κ1) is 20.0. The van der Waals surface area contributed by atoms with E-state index in [4.69, 9.17) is 0 Å². The van der Waals surface area contributed by atoms with Crippen LogP contribution in [-0.2, 0) is 9.59 Å². The lowest BCUT2D eigenvalue weighted by atomic mass is 10.2. The highest BCUT2D eigenvalue weighted by molar-refractivity contribution is 7.99. The Bertz CT molecular complexity index is 1200. The molecule has 2 heterocycles. The predicted octanol–water partition coefficient (Wildman–Crippen LogP) is 4.29. The molecule has 4 aromatic rings. The molecule has 0 unspecified atom stereocenters. The lowest BCUT2D eigenvalue weighted by Gasteiger charge is -2.07. The van der Waals surface area contributed by atoms with E-state index in [1.807, 2.05) is 9.78 Å². The van der Waals surface area contributed by atoms with Crippen molar-refractivity contribution in [3.8, 4) is 11.3 Å². The molecule has 10 heteroatoms. The van der Waals surface area contributed by atoms with Crippen LogP contribution in [0.5, 0.6) is 0 Å². The first-order valence-corrected chi connectivity index (χ1v) is 10.7. The molecule has 0 saturated heterocycles. The highest BCUT2D eigenvalue weighted by atomic mass is 32.2. The number of thioether (sulfide) groups is 1. The van der Waals surface area contributed by atoms with Gasteiger partial charge in [-0.05, 0) is 54.1 Å². The van der Waals surface area contributed by atoms with E-state index in [-0.39, 0.29) is 23.4 Å². The monoisotopic (exact) mass is 441 g/mol. The van der Waals surface area contributed by atoms with Crippen molar-refractivity contribution in [3.05, 3.63) is 59.7 Å². The van der Waals surface area contributed by atoms with Gasteiger partial charge in [0.2, 0.25) is 16.8 Å². The van der Waals surface area contributed by atoms with Crippen molar-refractivity contribution in [3.63, 3.8) is 0 Å². The van der Waals surface area contributed by atoms with Crippen LogP contribution in [0.4, 0.5) is 15.8 Å². The number of carbonyl (C=O) groups is 2. The van der Waals surface area contributed by atoms with Crippen molar-refractivity contribution < 1.29 is 14.0 Å². The van der Waals surface area contributed by atoms with Gasteiger partial charge in [-0.1, -0.05) is 11.8 Å². The zero-order chi connectivity index (χ0) is 21.1. The molecular weight excluding hydrogens is 425 g/mol. The third-order valence-electron chi connectivity index (χ3n) is 4.08. The maximum Gasteiger partial charge on any atom is 0.234 e. The lowest BCUT2D eigenvalue weighted by molar-refractivity contribution is -0.114. The molecule has 30 heavy (non-hydrogen) atoms. The number of hydrogen-bond donors (Lipinski definition) is 2. The van der Waals surface area contributed by atoms with E-state index in [0.29, 0.717) is 21.5 Å². The Hall–Kier alpha value is -3.24. The molecule has 2 amide bonds. The van der Waals surface area contributed by atoms with E-state index in [9.17, 15) is 14.0 Å². The van der Waals surface area contributed by atoms with E-state index in [1.165, 1.54) is 42.2 Å². The molecule has 0 bridgehead atoms. The van der Waals surface area contributed by atoms with E-state index in [1.54, 1.807) is 36.4 Å². The molecule has 152 valence electrons. The summed E-state index contributed by atoms with van der Waals surface area (Å²) >= 11 is 2.69. The second-order valence-electron chi connectivity index (χ2n) is 6.32. The van der Waals surface area contributed by atoms with Gasteiger partial charge in [-0.3, -0.25) is 14.0 Å². The third-order valence-corrected chi connectivity index (χ3v) is 5.83. The minimum atomic E-state index is -0.301. The van der Waals surface area contributed by atoms with Gasteiger partial charge in [-0.2, -0.15) is 0 Å². The molecule has 2 aromatic heterocycles. The van der Waals surface area contributed by atoms with Crippen LogP contribution in [0.15, 0.2) is 59.1 Å². The molecule has 4 rings (SSSR count). The summed E-state index contributed by atoms with van der Waals surface area (Å²) in [5, 5.41) is 16.3. The fourth-order valence-electron chi connectivity index (χ4n) is 2.78. The van der Waals surface area contributed by atoms with E-state index >= 15 is 0 Å². The number of fused-ring (bicyclic) bond motifs is 1. The lowest BCUT2D eigenvalue weighted by Crippen LogP contribution is -2.14. The molecular formula is C20H16FN5O2S2. The Morgan fingerprint density at radius 3 is 2.37 bits per heavy atom. The SMILES string of the molecule is CC(=O)Nc1ccc(NC(=O)CSc2nnc3scc(-c4ccc(F)cc4)n23)cc1. The molecule has 0 radical (unpaired) electrons. The Morgan fingerprint density at radius 1 is 1.03 bits per heavy atom. The molecule has 2 N–H and O–H groups in total. The van der Waals surface area contributed by atoms with Crippen molar-refractivity contribution in [2.24, 2.45) is 0 Å². The molecule has 0 saturated carbocycles. The number of hydrogen-bond acceptors (Lipinski definition) is 6. The summed E-state index contributed by atoms with van der Waals surface area (Å²) in [6.07, 6.45) is 0. The van der Waals surface area contributed by atoms with Crippen LogP contribution >= 0.6 is 23.1 Å². The normalized spacial score (nSPS) is 10.9. The van der Waals surface area contributed by atoms with Gasteiger partial charge in [-0.25, -0.2) is 4.39 Å². The van der Waals surface area contributed by atoms with Gasteiger partial charge in [0.05, 0.1) is 11.4 Å². The molecule has 7 nitrogen and oxygen atoms in total. The third kappa shape index (κ3) is 4.50. The highest BCUT2D eigenvalue weighted by Gasteiger charge is 2.15. The summed E-state index contributed by atoms with van der Waals surface area (Å²) in [4.78, 5) is 24.1. The Balaban J connectivity index is 1.43. The average Bonchev–Trinajstić information content (AvgIpc) is 3.31. The van der Waals surface area contributed by atoms with Crippen LogP contribution in [-0.4, -0.2) is 32.2 Å². The predicted molar refractivity (Wildman–Crippen MR) is 116 cm³/mol. The van der Waals surface area contributed by atoms with E-state index in [0.717, 1.165) is 11.3 Å². The van der Waals surface area contributed by atoms with Gasteiger partial charge in [0.1, 0.15) is 5.82 Å². The topological polar surface area (TPSA) is 88.4 Å². The number of nitrogens with zero attached hydrogens (tertiary/aromatic N) is 3. The zero-order valence-corrected chi connectivity index (χ0v) is 17.4. The van der Waals surface area contributed by atoms with Gasteiger partial charge < -0.3 is 10.6 Å². The summed E-state index contributed by atoms with van der Waals surface area (Å²) in [5.74, 6) is -0.503. The molecule has 0 aliphatic heterocycles. The van der Waals surface area contributed by atoms with Crippen molar-refractivity contribution in [2.45, 2.75) is 12.1 Å². The van der Waals surface area contributed by atoms with Crippen molar-refractivity contribution in [2.75, 3.05) is 16.4 Å². The first-order chi connectivity index (χ1) is 14.5. The summed E-state index contributed by atoms with van der Waals surface area (Å²) < 4.78 is 15.1. The van der Waals surface area contributed by atoms with Gasteiger partial charge in [0.25, 0.3) is 0 Å². The fraction of sp³-hybridized carbons (Fsp3) is 0.100. The largest absolute Gasteiger partial charge is 0.326 e. The molecule has 0 spiro atoms. The summed E-state index contributed by atoms with van der Waals surface area (Å²) in [5.41, 5.74) is 2.97. The summed E-state index contributed by atoms with van der Waals surface area (Å²) in [6, 6.07) is 13.1. The summed E-state index contributed by atoms with van der Waals surface area (Å²) in [7, 11) is 0. The van der Waals surface area contributed by atoms with Crippen LogP contribution < -0.4 is 10.6 Å². The van der Waals surface area contributed by atoms with Crippen molar-refractivity contribution in [1.82, 2.24) is 14.6 Å². The van der Waals surface area contributed by atoms with Crippen LogP contribution in [0, 0.1) is 5.82 Å². The number of halogens is 1. The fourth-order valence-corrected chi connectivity index (χ4v) is 4.42. The summed E-state index contributed by atoms with van der Waals surface area (Å²) in [6.45, 7) is 1.43. The number of rotatable bonds is 6. The number of aromatic nitrogens is 3. The minimum absolute atomic E-state index is 0.146. The second kappa shape index (κ2) is 8.64. The van der Waals surface area contributed by atoms with Crippen LogP contribution in [0.25, 0.3) is 16.2 Å². The standard InChI is InChI=1S/C20H16FN5O2S2/c1-12(27)22-15-6-8-16(9-7-15)23-18(28)11-30-20-25-24-19-26(20)17(10-29-19)13-2-4-14(21)5-3-13/h2-10H,11H2,1H3,(H,22,27)(H,23,28). The quantitative estimate of drug-likeness (QED) is 0.436. The van der Waals surface area contributed by atoms with Crippen LogP contribution in [0.1, 0.15) is 6.92 Å². The van der Waals surface area contributed by atoms with Crippen LogP contribution in [0.3, 0.4) is 0 Å². The number of amides is 2. The van der Waals surface area contributed by atoms with Gasteiger partial charge in [0, 0.05) is 23.7 Å². The van der Waals surface area contributed by atoms with E-state index < -0.39 is 0 Å². The second-order valence-corrected chi connectivity index (χ2v) is 8.10. The first-order valence-electron chi connectivity index (χ1n) is 8.88. The molecule has 0 aliphatic carbocycles.